The highest BCUT2D eigenvalue weighted by Gasteiger charge is 2.19. The Balaban J connectivity index is 0.000000483. The molecule has 2 heterocycles. The summed E-state index contributed by atoms with van der Waals surface area (Å²) in [6, 6.07) is 0. The normalized spacial score (nSPS) is 12.4. The third-order valence-electron chi connectivity index (χ3n) is 3.34. The second-order valence-corrected chi connectivity index (χ2v) is 5.76. The zero-order chi connectivity index (χ0) is 20.0. The second-order valence-electron chi connectivity index (χ2n) is 5.76. The maximum absolute atomic E-state index is 10.5. The number of aryl methyl sites for hydroxylation is 2. The van der Waals surface area contributed by atoms with E-state index in [4.69, 9.17) is 10.2 Å². The van der Waals surface area contributed by atoms with Crippen LogP contribution >= 0.6 is 0 Å². The highest BCUT2D eigenvalue weighted by molar-refractivity contribution is 5.19. The van der Waals surface area contributed by atoms with Gasteiger partial charge in [-0.2, -0.15) is 0 Å². The Morgan fingerprint density at radius 3 is 1.44 bits per heavy atom. The molecule has 0 aliphatic heterocycles. The SMILES string of the molecule is Cc1ncc([N+](=O)[O-])n1CC(C)O.Cc1ncc([N+](=O)[O-])n1CC(C)O.O. The van der Waals surface area contributed by atoms with E-state index in [9.17, 15) is 20.2 Å². The smallest absolute Gasteiger partial charge is 0.342 e. The molecule has 152 valence electrons. The predicted octanol–water partition coefficient (Wildman–Crippen LogP) is 0.136. The van der Waals surface area contributed by atoms with Gasteiger partial charge in [0.25, 0.3) is 0 Å². The van der Waals surface area contributed by atoms with Crippen LogP contribution in [0.2, 0.25) is 0 Å². The van der Waals surface area contributed by atoms with Crippen LogP contribution in [0.25, 0.3) is 0 Å². The van der Waals surface area contributed by atoms with Crippen LogP contribution in [-0.2, 0) is 13.1 Å². The first-order valence-corrected chi connectivity index (χ1v) is 7.73. The van der Waals surface area contributed by atoms with Gasteiger partial charge in [-0.3, -0.25) is 0 Å². The van der Waals surface area contributed by atoms with E-state index in [-0.39, 0.29) is 30.2 Å². The Hall–Kier alpha value is -2.90. The monoisotopic (exact) mass is 388 g/mol. The van der Waals surface area contributed by atoms with Crippen molar-refractivity contribution in [2.45, 2.75) is 53.0 Å². The molecule has 0 amide bonds. The van der Waals surface area contributed by atoms with Crippen LogP contribution in [-0.4, -0.2) is 56.8 Å². The zero-order valence-corrected chi connectivity index (χ0v) is 15.4. The molecule has 2 unspecified atom stereocenters. The zero-order valence-electron chi connectivity index (χ0n) is 15.4. The average Bonchev–Trinajstić information content (AvgIpc) is 3.04. The summed E-state index contributed by atoms with van der Waals surface area (Å²) in [4.78, 5) is 27.5. The topological polar surface area (TPSA) is 194 Å². The number of hydrogen-bond donors (Lipinski definition) is 2. The molecular formula is C14H24N6O7. The molecule has 2 aromatic rings. The van der Waals surface area contributed by atoms with Crippen molar-refractivity contribution in [1.29, 1.82) is 0 Å². The van der Waals surface area contributed by atoms with E-state index in [0.29, 0.717) is 11.6 Å². The van der Waals surface area contributed by atoms with Crippen LogP contribution in [0.4, 0.5) is 11.6 Å². The molecule has 0 radical (unpaired) electrons. The highest BCUT2D eigenvalue weighted by atomic mass is 16.6. The van der Waals surface area contributed by atoms with Gasteiger partial charge in [-0.05, 0) is 23.7 Å². The minimum atomic E-state index is -0.619. The van der Waals surface area contributed by atoms with Gasteiger partial charge < -0.3 is 35.9 Å². The van der Waals surface area contributed by atoms with Crippen molar-refractivity contribution < 1.29 is 25.5 Å². The summed E-state index contributed by atoms with van der Waals surface area (Å²) < 4.78 is 2.76. The summed E-state index contributed by atoms with van der Waals surface area (Å²) in [5.41, 5.74) is 0. The van der Waals surface area contributed by atoms with Crippen LogP contribution in [0.1, 0.15) is 25.5 Å². The van der Waals surface area contributed by atoms with E-state index in [0.717, 1.165) is 0 Å². The predicted molar refractivity (Wildman–Crippen MR) is 94.2 cm³/mol. The molecule has 0 aliphatic carbocycles. The fraction of sp³-hybridized carbons (Fsp3) is 0.571. The number of aliphatic hydroxyl groups excluding tert-OH is 2. The Kier molecular flexibility index (Phi) is 9.19. The minimum Gasteiger partial charge on any atom is -0.412 e. The summed E-state index contributed by atoms with van der Waals surface area (Å²) in [5.74, 6) is 0.900. The quantitative estimate of drug-likeness (QED) is 0.514. The van der Waals surface area contributed by atoms with Gasteiger partial charge in [0.1, 0.15) is 25.5 Å². The lowest BCUT2D eigenvalue weighted by Gasteiger charge is -2.04. The van der Waals surface area contributed by atoms with E-state index in [2.05, 4.69) is 9.97 Å². The largest absolute Gasteiger partial charge is 0.412 e. The Labute approximate surface area is 154 Å². The number of nitro groups is 2. The molecule has 13 heteroatoms. The number of aliphatic hydroxyl groups is 2. The van der Waals surface area contributed by atoms with Crippen LogP contribution in [0, 0.1) is 34.1 Å². The van der Waals surface area contributed by atoms with Crippen molar-refractivity contribution >= 4 is 11.6 Å². The molecule has 13 nitrogen and oxygen atoms in total. The molecule has 0 saturated heterocycles. The lowest BCUT2D eigenvalue weighted by Crippen LogP contribution is -2.14. The summed E-state index contributed by atoms with van der Waals surface area (Å²) in [6.07, 6.45) is 1.15. The summed E-state index contributed by atoms with van der Waals surface area (Å²) in [6.45, 7) is 6.86. The summed E-state index contributed by atoms with van der Waals surface area (Å²) >= 11 is 0. The van der Waals surface area contributed by atoms with E-state index < -0.39 is 22.1 Å². The Bertz CT molecular complexity index is 704. The summed E-state index contributed by atoms with van der Waals surface area (Å²) in [7, 11) is 0. The third-order valence-corrected chi connectivity index (χ3v) is 3.34. The van der Waals surface area contributed by atoms with Gasteiger partial charge in [0.2, 0.25) is 0 Å². The number of aromatic nitrogens is 4. The molecule has 0 spiro atoms. The molecule has 0 aromatic carbocycles. The average molecular weight is 388 g/mol. The fourth-order valence-corrected chi connectivity index (χ4v) is 2.18. The van der Waals surface area contributed by atoms with Crippen LogP contribution in [0.15, 0.2) is 12.4 Å². The third kappa shape index (κ3) is 6.73. The van der Waals surface area contributed by atoms with Gasteiger partial charge in [0.05, 0.1) is 12.2 Å². The van der Waals surface area contributed by atoms with Gasteiger partial charge in [-0.25, -0.2) is 19.1 Å². The lowest BCUT2D eigenvalue weighted by atomic mass is 10.4. The van der Waals surface area contributed by atoms with E-state index >= 15 is 0 Å². The lowest BCUT2D eigenvalue weighted by molar-refractivity contribution is -0.392. The maximum Gasteiger partial charge on any atom is 0.342 e. The van der Waals surface area contributed by atoms with Crippen LogP contribution in [0.5, 0.6) is 0 Å². The van der Waals surface area contributed by atoms with Gasteiger partial charge in [0.15, 0.2) is 11.6 Å². The van der Waals surface area contributed by atoms with E-state index in [1.807, 2.05) is 0 Å². The maximum atomic E-state index is 10.5. The van der Waals surface area contributed by atoms with Crippen molar-refractivity contribution in [1.82, 2.24) is 19.1 Å². The molecular weight excluding hydrogens is 364 g/mol. The van der Waals surface area contributed by atoms with Crippen LogP contribution < -0.4 is 0 Å². The first kappa shape index (κ1) is 24.1. The molecule has 0 fully saturated rings. The van der Waals surface area contributed by atoms with Gasteiger partial charge >= 0.3 is 11.6 Å². The molecule has 2 atom stereocenters. The van der Waals surface area contributed by atoms with Gasteiger partial charge in [-0.1, -0.05) is 0 Å². The van der Waals surface area contributed by atoms with E-state index in [1.165, 1.54) is 21.5 Å². The molecule has 2 rings (SSSR count). The first-order chi connectivity index (χ1) is 12.0. The second kappa shape index (κ2) is 10.3. The molecule has 0 saturated carbocycles. The molecule has 4 N–H and O–H groups in total. The number of imidazole rings is 2. The minimum absolute atomic E-state index is 0. The standard InChI is InChI=1S/2C7H11N3O3.H2O/c2*1-5(11)4-9-6(2)8-3-7(9)10(12)13;/h2*3,5,11H,4H2,1-2H3;1H2. The van der Waals surface area contributed by atoms with Crippen molar-refractivity contribution in [3.05, 3.63) is 44.3 Å². The van der Waals surface area contributed by atoms with Gasteiger partial charge in [-0.15, -0.1) is 0 Å². The fourth-order valence-electron chi connectivity index (χ4n) is 2.18. The number of rotatable bonds is 6. The summed E-state index contributed by atoms with van der Waals surface area (Å²) in [5, 5.41) is 39.1. The van der Waals surface area contributed by atoms with Crippen LogP contribution in [0.3, 0.4) is 0 Å². The number of hydrogen-bond acceptors (Lipinski definition) is 8. The van der Waals surface area contributed by atoms with Crippen molar-refractivity contribution in [2.75, 3.05) is 0 Å². The number of nitrogens with zero attached hydrogens (tertiary/aromatic N) is 6. The Morgan fingerprint density at radius 2 is 1.22 bits per heavy atom. The van der Waals surface area contributed by atoms with E-state index in [1.54, 1.807) is 27.7 Å². The Morgan fingerprint density at radius 1 is 0.926 bits per heavy atom. The molecule has 0 aliphatic rings. The highest BCUT2D eigenvalue weighted by Crippen LogP contribution is 2.14. The molecule has 2 aromatic heterocycles. The molecule has 0 bridgehead atoms. The van der Waals surface area contributed by atoms with Gasteiger partial charge in [0, 0.05) is 13.8 Å². The molecule has 27 heavy (non-hydrogen) atoms. The van der Waals surface area contributed by atoms with Crippen molar-refractivity contribution in [3.8, 4) is 0 Å². The van der Waals surface area contributed by atoms with Crippen molar-refractivity contribution in [2.24, 2.45) is 0 Å². The first-order valence-electron chi connectivity index (χ1n) is 7.73. The van der Waals surface area contributed by atoms with Crippen molar-refractivity contribution in [3.63, 3.8) is 0 Å².